The molecule has 1 aromatic carbocycles. The van der Waals surface area contributed by atoms with Crippen LogP contribution in [0.5, 0.6) is 0 Å². The van der Waals surface area contributed by atoms with Gasteiger partial charge in [0.15, 0.2) is 0 Å². The summed E-state index contributed by atoms with van der Waals surface area (Å²) >= 11 is 0. The Morgan fingerprint density at radius 1 is 1.06 bits per heavy atom. The van der Waals surface area contributed by atoms with E-state index in [1.54, 1.807) is 0 Å². The summed E-state index contributed by atoms with van der Waals surface area (Å²) in [6, 6.07) is 10.7. The zero-order valence-electron chi connectivity index (χ0n) is 9.68. The molecule has 0 fully saturated rings. The standard InChI is InChI=1S/C15H20O/c16-12-4-5-13-8-10-15(11-9-13)14-6-2-1-3-7-14/h1-3,6-8,10,13,15-16H,4-5,9,11-12H2/t13-,15+/m0/s1. The normalized spacial score (nSPS) is 24.6. The average molecular weight is 216 g/mol. The van der Waals surface area contributed by atoms with Gasteiger partial charge in [0.2, 0.25) is 0 Å². The van der Waals surface area contributed by atoms with Crippen LogP contribution in [0.25, 0.3) is 0 Å². The molecule has 1 N–H and O–H groups in total. The molecule has 1 aliphatic rings. The van der Waals surface area contributed by atoms with Crippen LogP contribution in [0.15, 0.2) is 42.5 Å². The van der Waals surface area contributed by atoms with Crippen LogP contribution in [-0.4, -0.2) is 11.7 Å². The molecule has 0 unspecified atom stereocenters. The van der Waals surface area contributed by atoms with E-state index >= 15 is 0 Å². The summed E-state index contributed by atoms with van der Waals surface area (Å²) in [6.07, 6.45) is 9.27. The van der Waals surface area contributed by atoms with Crippen molar-refractivity contribution in [1.29, 1.82) is 0 Å². The molecule has 16 heavy (non-hydrogen) atoms. The van der Waals surface area contributed by atoms with Crippen LogP contribution in [0.1, 0.15) is 37.2 Å². The summed E-state index contributed by atoms with van der Waals surface area (Å²) in [5, 5.41) is 8.80. The third kappa shape index (κ3) is 2.96. The first kappa shape index (κ1) is 11.4. The summed E-state index contributed by atoms with van der Waals surface area (Å²) in [5.74, 6) is 1.29. The molecule has 1 aliphatic carbocycles. The first-order valence-corrected chi connectivity index (χ1v) is 6.24. The predicted molar refractivity (Wildman–Crippen MR) is 67.4 cm³/mol. The molecular weight excluding hydrogens is 196 g/mol. The largest absolute Gasteiger partial charge is 0.396 e. The first-order valence-electron chi connectivity index (χ1n) is 6.24. The second-order valence-electron chi connectivity index (χ2n) is 4.61. The van der Waals surface area contributed by atoms with Crippen LogP contribution in [0, 0.1) is 5.92 Å². The lowest BCUT2D eigenvalue weighted by atomic mass is 9.83. The minimum Gasteiger partial charge on any atom is -0.396 e. The maximum atomic E-state index is 8.80. The van der Waals surface area contributed by atoms with Gasteiger partial charge in [0.25, 0.3) is 0 Å². The molecule has 0 saturated carbocycles. The van der Waals surface area contributed by atoms with Crippen LogP contribution in [-0.2, 0) is 0 Å². The van der Waals surface area contributed by atoms with E-state index in [1.165, 1.54) is 18.4 Å². The molecule has 0 saturated heterocycles. The molecule has 1 nitrogen and oxygen atoms in total. The number of allylic oxidation sites excluding steroid dienone is 2. The lowest BCUT2D eigenvalue weighted by Crippen LogP contribution is -2.08. The quantitative estimate of drug-likeness (QED) is 0.764. The number of hydrogen-bond donors (Lipinski definition) is 1. The van der Waals surface area contributed by atoms with E-state index in [0.717, 1.165) is 12.8 Å². The fourth-order valence-electron chi connectivity index (χ4n) is 2.45. The molecule has 0 radical (unpaired) electrons. The SMILES string of the molecule is OCCC[C@H]1C=C[C@@H](c2ccccc2)CC1. The van der Waals surface area contributed by atoms with Gasteiger partial charge >= 0.3 is 0 Å². The third-order valence-corrected chi connectivity index (χ3v) is 3.42. The fraction of sp³-hybridized carbons (Fsp3) is 0.467. The van der Waals surface area contributed by atoms with Crippen LogP contribution >= 0.6 is 0 Å². The van der Waals surface area contributed by atoms with Crippen molar-refractivity contribution in [1.82, 2.24) is 0 Å². The number of benzene rings is 1. The Balaban J connectivity index is 1.92. The van der Waals surface area contributed by atoms with E-state index in [0.29, 0.717) is 18.4 Å². The van der Waals surface area contributed by atoms with Crippen molar-refractivity contribution in [2.24, 2.45) is 5.92 Å². The van der Waals surface area contributed by atoms with E-state index in [1.807, 2.05) is 0 Å². The molecule has 0 aromatic heterocycles. The molecule has 0 bridgehead atoms. The maximum absolute atomic E-state index is 8.80. The summed E-state index contributed by atoms with van der Waals surface area (Å²) in [4.78, 5) is 0. The number of rotatable bonds is 4. The topological polar surface area (TPSA) is 20.2 Å². The zero-order valence-corrected chi connectivity index (χ0v) is 9.68. The van der Waals surface area contributed by atoms with Gasteiger partial charge in [-0.2, -0.15) is 0 Å². The summed E-state index contributed by atoms with van der Waals surface area (Å²) in [6.45, 7) is 0.326. The van der Waals surface area contributed by atoms with Crippen molar-refractivity contribution >= 4 is 0 Å². The Morgan fingerprint density at radius 2 is 1.88 bits per heavy atom. The molecular formula is C15H20O. The van der Waals surface area contributed by atoms with Gasteiger partial charge in [0.05, 0.1) is 0 Å². The van der Waals surface area contributed by atoms with Crippen LogP contribution in [0.2, 0.25) is 0 Å². The average Bonchev–Trinajstić information content (AvgIpc) is 2.38. The van der Waals surface area contributed by atoms with E-state index < -0.39 is 0 Å². The van der Waals surface area contributed by atoms with Gasteiger partial charge in [-0.1, -0.05) is 42.5 Å². The molecule has 1 heteroatoms. The van der Waals surface area contributed by atoms with Gasteiger partial charge in [0, 0.05) is 12.5 Å². The lowest BCUT2D eigenvalue weighted by Gasteiger charge is -2.22. The van der Waals surface area contributed by atoms with Crippen LogP contribution < -0.4 is 0 Å². The Hall–Kier alpha value is -1.08. The van der Waals surface area contributed by atoms with E-state index in [2.05, 4.69) is 42.5 Å². The second-order valence-corrected chi connectivity index (χ2v) is 4.61. The molecule has 86 valence electrons. The highest BCUT2D eigenvalue weighted by Gasteiger charge is 2.16. The lowest BCUT2D eigenvalue weighted by molar-refractivity contribution is 0.274. The molecule has 1 aromatic rings. The van der Waals surface area contributed by atoms with E-state index in [9.17, 15) is 0 Å². The van der Waals surface area contributed by atoms with Crippen molar-refractivity contribution in [2.75, 3.05) is 6.61 Å². The predicted octanol–water partition coefficient (Wildman–Crippen LogP) is 3.51. The van der Waals surface area contributed by atoms with E-state index in [4.69, 9.17) is 5.11 Å². The van der Waals surface area contributed by atoms with Gasteiger partial charge in [-0.15, -0.1) is 0 Å². The first-order chi connectivity index (χ1) is 7.90. The smallest absolute Gasteiger partial charge is 0.0431 e. The Labute approximate surface area is 97.8 Å². The van der Waals surface area contributed by atoms with Crippen LogP contribution in [0.3, 0.4) is 0 Å². The van der Waals surface area contributed by atoms with Gasteiger partial charge in [-0.25, -0.2) is 0 Å². The summed E-state index contributed by atoms with van der Waals surface area (Å²) < 4.78 is 0. The molecule has 0 heterocycles. The Kier molecular flexibility index (Phi) is 4.17. The second kappa shape index (κ2) is 5.86. The maximum Gasteiger partial charge on any atom is 0.0431 e. The van der Waals surface area contributed by atoms with Crippen molar-refractivity contribution < 1.29 is 5.11 Å². The van der Waals surface area contributed by atoms with Crippen molar-refractivity contribution in [3.05, 3.63) is 48.0 Å². The monoisotopic (exact) mass is 216 g/mol. The number of aliphatic hydroxyl groups is 1. The van der Waals surface area contributed by atoms with Gasteiger partial charge in [0.1, 0.15) is 0 Å². The molecule has 0 aliphatic heterocycles. The van der Waals surface area contributed by atoms with Gasteiger partial charge in [-0.05, 0) is 37.2 Å². The molecule has 0 amide bonds. The highest BCUT2D eigenvalue weighted by Crippen LogP contribution is 2.31. The molecule has 0 spiro atoms. The minimum absolute atomic E-state index is 0.326. The van der Waals surface area contributed by atoms with Crippen molar-refractivity contribution in [3.8, 4) is 0 Å². The number of aliphatic hydroxyl groups excluding tert-OH is 1. The fourth-order valence-corrected chi connectivity index (χ4v) is 2.45. The van der Waals surface area contributed by atoms with E-state index in [-0.39, 0.29) is 0 Å². The van der Waals surface area contributed by atoms with Crippen LogP contribution in [0.4, 0.5) is 0 Å². The summed E-state index contributed by atoms with van der Waals surface area (Å²) in [7, 11) is 0. The van der Waals surface area contributed by atoms with Gasteiger partial charge < -0.3 is 5.11 Å². The molecule has 2 rings (SSSR count). The van der Waals surface area contributed by atoms with Crippen molar-refractivity contribution in [3.63, 3.8) is 0 Å². The number of hydrogen-bond acceptors (Lipinski definition) is 1. The zero-order chi connectivity index (χ0) is 11.2. The summed E-state index contributed by atoms with van der Waals surface area (Å²) in [5.41, 5.74) is 1.43. The van der Waals surface area contributed by atoms with Gasteiger partial charge in [-0.3, -0.25) is 0 Å². The van der Waals surface area contributed by atoms with Crippen molar-refractivity contribution in [2.45, 2.75) is 31.6 Å². The third-order valence-electron chi connectivity index (χ3n) is 3.42. The Bertz CT molecular complexity index is 329. The minimum atomic E-state index is 0.326. The Morgan fingerprint density at radius 3 is 2.50 bits per heavy atom. The highest BCUT2D eigenvalue weighted by atomic mass is 16.2. The highest BCUT2D eigenvalue weighted by molar-refractivity contribution is 5.25. The molecule has 2 atom stereocenters.